The molecule has 0 unspecified atom stereocenters. The number of hydrogen-bond donors (Lipinski definition) is 4. The number of nitrogens with one attached hydrogen (secondary N) is 4. The summed E-state index contributed by atoms with van der Waals surface area (Å²) in [5.41, 5.74) is 4.05. The van der Waals surface area contributed by atoms with Gasteiger partial charge in [0.25, 0.3) is 0 Å². The largest absolute Gasteiger partial charge is 0.444 e. The van der Waals surface area contributed by atoms with Crippen molar-refractivity contribution in [2.45, 2.75) is 39.2 Å². The number of carbonyl (C=O) groups is 2. The zero-order valence-electron chi connectivity index (χ0n) is 24.2. The fourth-order valence-corrected chi connectivity index (χ4v) is 4.98. The molecule has 1 fully saturated rings. The number of urea groups is 1. The molecule has 42 heavy (non-hydrogen) atoms. The molecule has 12 heteroatoms. The molecule has 11 nitrogen and oxygen atoms in total. The Morgan fingerprint density at radius 2 is 1.81 bits per heavy atom. The van der Waals surface area contributed by atoms with Crippen molar-refractivity contribution in [1.29, 1.82) is 0 Å². The fourth-order valence-electron chi connectivity index (χ4n) is 4.84. The Balaban J connectivity index is 1.19. The number of piperazine rings is 1. The molecule has 222 valence electrons. The normalized spacial score (nSPS) is 15.2. The number of anilines is 5. The minimum absolute atomic E-state index is 0.267. The lowest BCUT2D eigenvalue weighted by molar-refractivity contribution is 0.0147. The highest BCUT2D eigenvalue weighted by Crippen LogP contribution is 2.29. The number of rotatable bonds is 4. The maximum Gasteiger partial charge on any atom is 0.410 e. The first kappa shape index (κ1) is 29.4. The third-order valence-corrected chi connectivity index (χ3v) is 7.24. The van der Waals surface area contributed by atoms with E-state index in [-0.39, 0.29) is 12.1 Å². The van der Waals surface area contributed by atoms with Gasteiger partial charge in [0.2, 0.25) is 5.95 Å². The Hall–Kier alpha value is -4.09. The smallest absolute Gasteiger partial charge is 0.410 e. The molecular formula is C30H37ClN8O3. The van der Waals surface area contributed by atoms with Crippen molar-refractivity contribution in [1.82, 2.24) is 25.1 Å². The van der Waals surface area contributed by atoms with Crippen molar-refractivity contribution in [3.05, 3.63) is 64.8 Å². The number of hydrogen-bond acceptors (Lipinski definition) is 8. The molecule has 0 spiro atoms. The lowest BCUT2D eigenvalue weighted by atomic mass is 10.0. The molecule has 3 amide bonds. The average Bonchev–Trinajstić information content (AvgIpc) is 2.94. The summed E-state index contributed by atoms with van der Waals surface area (Å²) in [7, 11) is 0. The summed E-state index contributed by atoms with van der Waals surface area (Å²) in [6.45, 7) is 9.45. The van der Waals surface area contributed by atoms with Gasteiger partial charge in [0.05, 0.1) is 6.20 Å². The van der Waals surface area contributed by atoms with Gasteiger partial charge in [0.15, 0.2) is 5.82 Å². The summed E-state index contributed by atoms with van der Waals surface area (Å²) in [6.07, 6.45) is 2.78. The van der Waals surface area contributed by atoms with E-state index in [4.69, 9.17) is 16.3 Å². The molecule has 2 aliphatic rings. The SMILES string of the molecule is CC(C)(C)OC(=O)N1CCN(CCNC(=O)Nc2ccc3cc2CCc2cccc(c2)Nc2ncc(Cl)c(n2)N3)CC1. The number of fused-ring (bicyclic) bond motifs is 6. The van der Waals surface area contributed by atoms with Crippen LogP contribution in [0.2, 0.25) is 5.02 Å². The second-order valence-electron chi connectivity index (χ2n) is 11.4. The van der Waals surface area contributed by atoms with E-state index < -0.39 is 5.60 Å². The predicted molar refractivity (Wildman–Crippen MR) is 165 cm³/mol. The number of aromatic nitrogens is 2. The minimum atomic E-state index is -0.507. The van der Waals surface area contributed by atoms with E-state index in [2.05, 4.69) is 48.3 Å². The van der Waals surface area contributed by atoms with Crippen LogP contribution in [0.15, 0.2) is 48.7 Å². The number of nitrogens with zero attached hydrogens (tertiary/aromatic N) is 4. The topological polar surface area (TPSA) is 124 Å². The Labute approximate surface area is 251 Å². The van der Waals surface area contributed by atoms with E-state index in [1.807, 2.05) is 51.1 Å². The van der Waals surface area contributed by atoms with Crippen molar-refractivity contribution in [2.75, 3.05) is 55.2 Å². The van der Waals surface area contributed by atoms with Crippen LogP contribution in [0.3, 0.4) is 0 Å². The molecule has 5 rings (SSSR count). The number of ether oxygens (including phenoxy) is 1. The molecule has 1 aromatic heterocycles. The van der Waals surface area contributed by atoms with E-state index in [1.165, 1.54) is 0 Å². The van der Waals surface area contributed by atoms with Gasteiger partial charge in [-0.25, -0.2) is 14.6 Å². The second-order valence-corrected chi connectivity index (χ2v) is 11.8. The zero-order valence-corrected chi connectivity index (χ0v) is 24.9. The van der Waals surface area contributed by atoms with Crippen molar-refractivity contribution in [3.8, 4) is 0 Å². The quantitative estimate of drug-likeness (QED) is 0.318. The first-order chi connectivity index (χ1) is 20.1. The number of aryl methyl sites for hydroxylation is 2. The number of carbonyl (C=O) groups excluding carboxylic acids is 2. The average molecular weight is 593 g/mol. The second kappa shape index (κ2) is 12.8. The Morgan fingerprint density at radius 1 is 1.02 bits per heavy atom. The zero-order chi connectivity index (χ0) is 29.7. The molecule has 0 aliphatic carbocycles. The van der Waals surface area contributed by atoms with Crippen LogP contribution in [0.5, 0.6) is 0 Å². The maximum absolute atomic E-state index is 12.9. The van der Waals surface area contributed by atoms with Crippen molar-refractivity contribution < 1.29 is 14.3 Å². The standard InChI is InChI=1S/C30H37ClN8O3/c1-30(2,3)42-29(41)39-15-13-38(14-16-39)12-11-32-28(40)36-25-10-9-23-18-21(25)8-7-20-5-4-6-22(17-20)35-27-33-19-24(31)26(34-23)37-27/h4-6,9-10,17-19H,7-8,11-16H2,1-3H3,(H2,32,36,40)(H2,33,34,35,37). The van der Waals surface area contributed by atoms with Gasteiger partial charge in [0.1, 0.15) is 10.6 Å². The molecule has 6 bridgehead atoms. The van der Waals surface area contributed by atoms with Gasteiger partial charge in [0, 0.05) is 56.3 Å². The molecule has 4 N–H and O–H groups in total. The summed E-state index contributed by atoms with van der Waals surface area (Å²) < 4.78 is 5.47. The van der Waals surface area contributed by atoms with Gasteiger partial charge in [-0.3, -0.25) is 4.90 Å². The van der Waals surface area contributed by atoms with Gasteiger partial charge in [-0.2, -0.15) is 4.98 Å². The van der Waals surface area contributed by atoms with Crippen LogP contribution < -0.4 is 21.3 Å². The highest BCUT2D eigenvalue weighted by molar-refractivity contribution is 6.32. The highest BCUT2D eigenvalue weighted by atomic mass is 35.5. The first-order valence-electron chi connectivity index (χ1n) is 14.1. The van der Waals surface area contributed by atoms with Gasteiger partial charge >= 0.3 is 12.1 Å². The van der Waals surface area contributed by atoms with Crippen LogP contribution in [-0.2, 0) is 17.6 Å². The summed E-state index contributed by atoms with van der Waals surface area (Å²) in [5, 5.41) is 12.9. The number of benzene rings is 2. The third kappa shape index (κ3) is 8.01. The van der Waals surface area contributed by atoms with E-state index >= 15 is 0 Å². The van der Waals surface area contributed by atoms with Crippen LogP contribution in [0.1, 0.15) is 31.9 Å². The van der Waals surface area contributed by atoms with Crippen molar-refractivity contribution in [2.24, 2.45) is 0 Å². The summed E-state index contributed by atoms with van der Waals surface area (Å²) in [6, 6.07) is 13.6. The van der Waals surface area contributed by atoms with Crippen LogP contribution >= 0.6 is 11.6 Å². The molecule has 0 atom stereocenters. The lowest BCUT2D eigenvalue weighted by Crippen LogP contribution is -2.51. The molecule has 1 saturated heterocycles. The minimum Gasteiger partial charge on any atom is -0.444 e. The molecule has 0 radical (unpaired) electrons. The van der Waals surface area contributed by atoms with Crippen molar-refractivity contribution in [3.63, 3.8) is 0 Å². The van der Waals surface area contributed by atoms with Gasteiger partial charge < -0.3 is 30.9 Å². The van der Waals surface area contributed by atoms with Gasteiger partial charge in [-0.05, 0) is 75.1 Å². The first-order valence-corrected chi connectivity index (χ1v) is 14.5. The predicted octanol–water partition coefficient (Wildman–Crippen LogP) is 5.39. The Bertz CT molecular complexity index is 1440. The summed E-state index contributed by atoms with van der Waals surface area (Å²) in [4.78, 5) is 38.0. The molecular weight excluding hydrogens is 556 g/mol. The van der Waals surface area contributed by atoms with Crippen LogP contribution in [0.4, 0.5) is 38.4 Å². The monoisotopic (exact) mass is 592 g/mol. The van der Waals surface area contributed by atoms with E-state index in [9.17, 15) is 9.59 Å². The van der Waals surface area contributed by atoms with E-state index in [0.29, 0.717) is 49.4 Å². The van der Waals surface area contributed by atoms with E-state index in [1.54, 1.807) is 11.1 Å². The van der Waals surface area contributed by atoms with Gasteiger partial charge in [-0.15, -0.1) is 0 Å². The summed E-state index contributed by atoms with van der Waals surface area (Å²) >= 11 is 6.37. The Kier molecular flexibility index (Phi) is 8.98. The van der Waals surface area contributed by atoms with Crippen LogP contribution in [-0.4, -0.2) is 76.8 Å². The molecule has 2 aliphatic heterocycles. The molecule has 2 aromatic carbocycles. The number of halogens is 1. The van der Waals surface area contributed by atoms with Gasteiger partial charge in [-0.1, -0.05) is 23.7 Å². The van der Waals surface area contributed by atoms with Crippen LogP contribution in [0.25, 0.3) is 0 Å². The molecule has 3 heterocycles. The van der Waals surface area contributed by atoms with Crippen LogP contribution in [0, 0.1) is 0 Å². The van der Waals surface area contributed by atoms with Crippen molar-refractivity contribution >= 4 is 52.6 Å². The summed E-state index contributed by atoms with van der Waals surface area (Å²) in [5.74, 6) is 0.930. The third-order valence-electron chi connectivity index (χ3n) is 6.96. The highest BCUT2D eigenvalue weighted by Gasteiger charge is 2.25. The Morgan fingerprint density at radius 3 is 2.60 bits per heavy atom. The van der Waals surface area contributed by atoms with E-state index in [0.717, 1.165) is 47.7 Å². The molecule has 3 aromatic rings. The number of amides is 3. The lowest BCUT2D eigenvalue weighted by Gasteiger charge is -2.35. The molecule has 0 saturated carbocycles. The fraction of sp³-hybridized carbons (Fsp3) is 0.400. The maximum atomic E-state index is 12.9.